The van der Waals surface area contributed by atoms with Gasteiger partial charge in [0.05, 0.1) is 6.04 Å². The predicted octanol–water partition coefficient (Wildman–Crippen LogP) is 4.17. The summed E-state index contributed by atoms with van der Waals surface area (Å²) in [5.41, 5.74) is 1.14. The summed E-state index contributed by atoms with van der Waals surface area (Å²) in [4.78, 5) is 3.89. The van der Waals surface area contributed by atoms with E-state index in [0.717, 1.165) is 25.1 Å². The first-order valence-electron chi connectivity index (χ1n) is 8.47. The van der Waals surface area contributed by atoms with Crippen LogP contribution in [0.1, 0.15) is 36.8 Å². The molecule has 2 N–H and O–H groups in total. The van der Waals surface area contributed by atoms with E-state index < -0.39 is 0 Å². The molecule has 1 aromatic heterocycles. The SMILES string of the molecule is C=CC[C@@]1(C)CN[C@H](C)CN1[C@H](c1cccc(O)c1)c1cccs1. The third-order valence-corrected chi connectivity index (χ3v) is 5.81. The molecular formula is C20H26N2OS. The van der Waals surface area contributed by atoms with E-state index in [4.69, 9.17) is 0 Å². The van der Waals surface area contributed by atoms with Crippen molar-refractivity contribution in [3.05, 3.63) is 64.9 Å². The fraction of sp³-hybridized carbons (Fsp3) is 0.400. The van der Waals surface area contributed by atoms with Gasteiger partial charge in [-0.25, -0.2) is 0 Å². The van der Waals surface area contributed by atoms with E-state index in [2.05, 4.69) is 54.2 Å². The monoisotopic (exact) mass is 342 g/mol. The van der Waals surface area contributed by atoms with Crippen LogP contribution in [0.5, 0.6) is 5.75 Å². The summed E-state index contributed by atoms with van der Waals surface area (Å²) < 4.78 is 0. The zero-order valence-corrected chi connectivity index (χ0v) is 15.2. The molecule has 0 unspecified atom stereocenters. The van der Waals surface area contributed by atoms with Gasteiger partial charge in [-0.15, -0.1) is 17.9 Å². The lowest BCUT2D eigenvalue weighted by atomic mass is 9.87. The minimum absolute atomic E-state index is 0.00558. The van der Waals surface area contributed by atoms with E-state index in [0.29, 0.717) is 11.8 Å². The highest BCUT2D eigenvalue weighted by atomic mass is 32.1. The first kappa shape index (κ1) is 17.2. The number of phenolic OH excluding ortho intramolecular Hbond substituents is 1. The standard InChI is InChI=1S/C20H26N2OS/c1-4-10-20(3)14-21-15(2)13-22(20)19(18-9-6-11-24-18)16-7-5-8-17(23)12-16/h4-9,11-12,15,19,21,23H,1,10,13-14H2,2-3H3/t15-,19-,20+/m1/s1. The fourth-order valence-electron chi connectivity index (χ4n) is 3.63. The molecule has 1 aliphatic rings. The van der Waals surface area contributed by atoms with Gasteiger partial charge in [0.2, 0.25) is 0 Å². The van der Waals surface area contributed by atoms with Crippen molar-refractivity contribution in [2.45, 2.75) is 37.9 Å². The Kier molecular flexibility index (Phi) is 5.09. The quantitative estimate of drug-likeness (QED) is 0.801. The average molecular weight is 343 g/mol. The van der Waals surface area contributed by atoms with Crippen LogP contribution in [0.25, 0.3) is 0 Å². The molecule has 4 heteroatoms. The Hall–Kier alpha value is -1.62. The molecule has 1 aromatic carbocycles. The molecule has 3 nitrogen and oxygen atoms in total. The Morgan fingerprint density at radius 1 is 1.46 bits per heavy atom. The molecular weight excluding hydrogens is 316 g/mol. The second kappa shape index (κ2) is 7.09. The number of piperazine rings is 1. The highest BCUT2D eigenvalue weighted by molar-refractivity contribution is 7.10. The van der Waals surface area contributed by atoms with Crippen LogP contribution in [0.2, 0.25) is 0 Å². The number of benzene rings is 1. The van der Waals surface area contributed by atoms with Gasteiger partial charge in [-0.2, -0.15) is 0 Å². The maximum atomic E-state index is 10.00. The predicted molar refractivity (Wildman–Crippen MR) is 102 cm³/mol. The maximum Gasteiger partial charge on any atom is 0.115 e. The number of nitrogens with zero attached hydrogens (tertiary/aromatic N) is 1. The molecule has 2 aromatic rings. The van der Waals surface area contributed by atoms with Gasteiger partial charge >= 0.3 is 0 Å². The minimum Gasteiger partial charge on any atom is -0.508 e. The Morgan fingerprint density at radius 3 is 2.96 bits per heavy atom. The molecule has 128 valence electrons. The third-order valence-electron chi connectivity index (χ3n) is 4.89. The lowest BCUT2D eigenvalue weighted by molar-refractivity contribution is 0.0316. The second-order valence-corrected chi connectivity index (χ2v) is 7.92. The molecule has 24 heavy (non-hydrogen) atoms. The van der Waals surface area contributed by atoms with Gasteiger partial charge in [0.25, 0.3) is 0 Å². The van der Waals surface area contributed by atoms with Crippen molar-refractivity contribution in [3.63, 3.8) is 0 Å². The number of nitrogens with one attached hydrogen (secondary N) is 1. The van der Waals surface area contributed by atoms with Gasteiger partial charge in [0.1, 0.15) is 5.75 Å². The van der Waals surface area contributed by atoms with E-state index >= 15 is 0 Å². The van der Waals surface area contributed by atoms with E-state index in [1.54, 1.807) is 17.4 Å². The van der Waals surface area contributed by atoms with E-state index in [1.807, 2.05) is 18.2 Å². The summed E-state index contributed by atoms with van der Waals surface area (Å²) in [5, 5.41) is 15.7. The summed E-state index contributed by atoms with van der Waals surface area (Å²) in [5.74, 6) is 0.322. The van der Waals surface area contributed by atoms with Crippen LogP contribution in [-0.4, -0.2) is 34.7 Å². The summed E-state index contributed by atoms with van der Waals surface area (Å²) in [7, 11) is 0. The molecule has 2 heterocycles. The van der Waals surface area contributed by atoms with Gasteiger partial charge in [-0.05, 0) is 49.4 Å². The zero-order chi connectivity index (χ0) is 17.2. The first-order valence-corrected chi connectivity index (χ1v) is 9.35. The second-order valence-electron chi connectivity index (χ2n) is 6.94. The minimum atomic E-state index is -0.00558. The molecule has 1 aliphatic heterocycles. The highest BCUT2D eigenvalue weighted by Crippen LogP contribution is 2.39. The smallest absolute Gasteiger partial charge is 0.115 e. The average Bonchev–Trinajstić information content (AvgIpc) is 3.06. The van der Waals surface area contributed by atoms with Crippen molar-refractivity contribution in [2.75, 3.05) is 13.1 Å². The zero-order valence-electron chi connectivity index (χ0n) is 14.4. The number of thiophene rings is 1. The topological polar surface area (TPSA) is 35.5 Å². The van der Waals surface area contributed by atoms with Crippen LogP contribution in [0.4, 0.5) is 0 Å². The molecule has 1 saturated heterocycles. The summed E-state index contributed by atoms with van der Waals surface area (Å²) in [6.07, 6.45) is 2.94. The molecule has 0 radical (unpaired) electrons. The van der Waals surface area contributed by atoms with Crippen LogP contribution in [0, 0.1) is 0 Å². The van der Waals surface area contributed by atoms with E-state index in [9.17, 15) is 5.11 Å². The number of hydrogen-bond donors (Lipinski definition) is 2. The number of hydrogen-bond acceptors (Lipinski definition) is 4. The summed E-state index contributed by atoms with van der Waals surface area (Å²) >= 11 is 1.78. The lowest BCUT2D eigenvalue weighted by Crippen LogP contribution is -2.63. The molecule has 0 spiro atoms. The maximum absolute atomic E-state index is 10.00. The molecule has 0 amide bonds. The van der Waals surface area contributed by atoms with Gasteiger partial charge in [0.15, 0.2) is 0 Å². The fourth-order valence-corrected chi connectivity index (χ4v) is 4.50. The largest absolute Gasteiger partial charge is 0.508 e. The third kappa shape index (κ3) is 3.41. The number of rotatable bonds is 5. The van der Waals surface area contributed by atoms with E-state index in [-0.39, 0.29) is 11.6 Å². The van der Waals surface area contributed by atoms with Crippen molar-refractivity contribution in [1.82, 2.24) is 10.2 Å². The van der Waals surface area contributed by atoms with E-state index in [1.165, 1.54) is 4.88 Å². The molecule has 1 fully saturated rings. The molecule has 0 bridgehead atoms. The van der Waals surface area contributed by atoms with Crippen LogP contribution < -0.4 is 5.32 Å². The van der Waals surface area contributed by atoms with Crippen molar-refractivity contribution < 1.29 is 5.11 Å². The molecule has 3 rings (SSSR count). The number of phenols is 1. The highest BCUT2D eigenvalue weighted by Gasteiger charge is 2.41. The first-order chi connectivity index (χ1) is 11.5. The Balaban J connectivity index is 2.07. The molecule has 3 atom stereocenters. The van der Waals surface area contributed by atoms with Crippen molar-refractivity contribution in [2.24, 2.45) is 0 Å². The Morgan fingerprint density at radius 2 is 2.29 bits per heavy atom. The lowest BCUT2D eigenvalue weighted by Gasteiger charge is -2.51. The Labute approximate surface area is 148 Å². The van der Waals surface area contributed by atoms with Crippen molar-refractivity contribution in [1.29, 1.82) is 0 Å². The van der Waals surface area contributed by atoms with Crippen LogP contribution in [0.3, 0.4) is 0 Å². The van der Waals surface area contributed by atoms with Crippen LogP contribution in [-0.2, 0) is 0 Å². The summed E-state index contributed by atoms with van der Waals surface area (Å²) in [6.45, 7) is 10.4. The Bertz CT molecular complexity index is 685. The van der Waals surface area contributed by atoms with Crippen molar-refractivity contribution in [3.8, 4) is 5.75 Å². The van der Waals surface area contributed by atoms with Gasteiger partial charge < -0.3 is 10.4 Å². The summed E-state index contributed by atoms with van der Waals surface area (Å²) in [6, 6.07) is 12.6. The van der Waals surface area contributed by atoms with Crippen LogP contribution >= 0.6 is 11.3 Å². The van der Waals surface area contributed by atoms with Crippen LogP contribution in [0.15, 0.2) is 54.4 Å². The number of aromatic hydroxyl groups is 1. The van der Waals surface area contributed by atoms with Gasteiger partial charge in [-0.1, -0.05) is 24.3 Å². The molecule has 0 saturated carbocycles. The van der Waals surface area contributed by atoms with Gasteiger partial charge in [0, 0.05) is 29.5 Å². The molecule has 0 aliphatic carbocycles. The van der Waals surface area contributed by atoms with Crippen molar-refractivity contribution >= 4 is 11.3 Å². The van der Waals surface area contributed by atoms with Gasteiger partial charge in [-0.3, -0.25) is 4.90 Å². The normalized spacial score (nSPS) is 26.2.